The average molecular weight is 540 g/mol. The molecule has 2 aliphatic rings. The van der Waals surface area contributed by atoms with Gasteiger partial charge in [0.05, 0.1) is 5.69 Å². The van der Waals surface area contributed by atoms with Gasteiger partial charge in [0.2, 0.25) is 10.0 Å². The molecule has 1 atom stereocenters. The van der Waals surface area contributed by atoms with Crippen molar-refractivity contribution in [2.75, 3.05) is 52.9 Å². The normalized spacial score (nSPS) is 22.3. The van der Waals surface area contributed by atoms with Crippen LogP contribution in [0.4, 0.5) is 0 Å². The van der Waals surface area contributed by atoms with Crippen LogP contribution in [0.3, 0.4) is 0 Å². The number of aromatic nitrogens is 1. The van der Waals surface area contributed by atoms with Crippen molar-refractivity contribution in [3.63, 3.8) is 0 Å². The van der Waals surface area contributed by atoms with Crippen LogP contribution in [0.5, 0.6) is 0 Å². The van der Waals surface area contributed by atoms with Crippen molar-refractivity contribution in [1.29, 1.82) is 0 Å². The maximum Gasteiger partial charge on any atom is 0.220 e. The molecule has 0 bridgehead atoms. The van der Waals surface area contributed by atoms with Gasteiger partial charge in [0.15, 0.2) is 5.96 Å². The minimum absolute atomic E-state index is 0. The SMILES string of the molecule is CCN1CCCCC1CNC(=NC)N1CCN(S(=O)(=O)Cc2ccon2)CC1.I. The minimum atomic E-state index is -3.39. The van der Waals surface area contributed by atoms with Gasteiger partial charge in [-0.05, 0) is 25.9 Å². The van der Waals surface area contributed by atoms with E-state index in [9.17, 15) is 8.42 Å². The second-order valence-electron chi connectivity index (χ2n) is 7.34. The average Bonchev–Trinajstić information content (AvgIpc) is 3.21. The van der Waals surface area contributed by atoms with E-state index in [-0.39, 0.29) is 29.7 Å². The summed E-state index contributed by atoms with van der Waals surface area (Å²) >= 11 is 0. The summed E-state index contributed by atoms with van der Waals surface area (Å²) < 4.78 is 31.4. The van der Waals surface area contributed by atoms with E-state index in [1.807, 2.05) is 0 Å². The quantitative estimate of drug-likeness (QED) is 0.329. The number of hydrogen-bond acceptors (Lipinski definition) is 6. The molecule has 2 fully saturated rings. The van der Waals surface area contributed by atoms with E-state index in [0.717, 1.165) is 19.0 Å². The number of piperazine rings is 1. The number of halogens is 1. The summed E-state index contributed by atoms with van der Waals surface area (Å²) in [5.74, 6) is 0.737. The first-order valence-corrected chi connectivity index (χ1v) is 11.7. The third-order valence-corrected chi connectivity index (χ3v) is 7.43. The maximum atomic E-state index is 12.6. The smallest absolute Gasteiger partial charge is 0.220 e. The molecule has 1 aromatic heterocycles. The molecule has 3 heterocycles. The van der Waals surface area contributed by atoms with E-state index < -0.39 is 10.0 Å². The highest BCUT2D eigenvalue weighted by atomic mass is 127. The maximum absolute atomic E-state index is 12.6. The molecule has 2 aliphatic heterocycles. The summed E-state index contributed by atoms with van der Waals surface area (Å²) in [7, 11) is -1.60. The van der Waals surface area contributed by atoms with E-state index in [2.05, 4.69) is 32.2 Å². The second kappa shape index (κ2) is 11.5. The van der Waals surface area contributed by atoms with Crippen LogP contribution < -0.4 is 5.32 Å². The van der Waals surface area contributed by atoms with Crippen LogP contribution in [0, 0.1) is 0 Å². The Labute approximate surface area is 190 Å². The van der Waals surface area contributed by atoms with Crippen molar-refractivity contribution in [2.45, 2.75) is 38.0 Å². The summed E-state index contributed by atoms with van der Waals surface area (Å²) in [6.07, 6.45) is 5.17. The number of likely N-dealkylation sites (N-methyl/N-ethyl adjacent to an activating group) is 1. The van der Waals surface area contributed by atoms with E-state index >= 15 is 0 Å². The Bertz CT molecular complexity index is 735. The number of likely N-dealkylation sites (tertiary alicyclic amines) is 1. The summed E-state index contributed by atoms with van der Waals surface area (Å²) in [5, 5.41) is 7.22. The Balaban J connectivity index is 0.00000300. The molecular weight excluding hydrogens is 507 g/mol. The number of piperidine rings is 1. The lowest BCUT2D eigenvalue weighted by molar-refractivity contribution is 0.156. The molecule has 0 saturated carbocycles. The number of hydrogen-bond donors (Lipinski definition) is 1. The van der Waals surface area contributed by atoms with E-state index in [0.29, 0.717) is 37.9 Å². The molecule has 11 heteroatoms. The van der Waals surface area contributed by atoms with Crippen LogP contribution in [0.15, 0.2) is 21.8 Å². The lowest BCUT2D eigenvalue weighted by atomic mass is 10.0. The lowest BCUT2D eigenvalue weighted by Crippen LogP contribution is -2.55. The molecule has 0 spiro atoms. The summed E-state index contributed by atoms with van der Waals surface area (Å²) in [6.45, 7) is 7.49. The van der Waals surface area contributed by atoms with E-state index in [4.69, 9.17) is 4.52 Å². The fourth-order valence-corrected chi connectivity index (χ4v) is 5.44. The molecule has 0 aliphatic carbocycles. The summed E-state index contributed by atoms with van der Waals surface area (Å²) in [4.78, 5) is 9.08. The molecular formula is C18H33IN6O3S. The van der Waals surface area contributed by atoms with Gasteiger partial charge in [-0.2, -0.15) is 4.31 Å². The molecule has 1 aromatic rings. The van der Waals surface area contributed by atoms with Crippen LogP contribution in [0.1, 0.15) is 31.9 Å². The van der Waals surface area contributed by atoms with Gasteiger partial charge < -0.3 is 14.7 Å². The van der Waals surface area contributed by atoms with Gasteiger partial charge in [-0.15, -0.1) is 24.0 Å². The molecule has 1 N–H and O–H groups in total. The molecule has 9 nitrogen and oxygen atoms in total. The van der Waals surface area contributed by atoms with Crippen LogP contribution in [-0.2, 0) is 15.8 Å². The fraction of sp³-hybridized carbons (Fsp3) is 0.778. The third-order valence-electron chi connectivity index (χ3n) is 5.62. The largest absolute Gasteiger partial charge is 0.364 e. The minimum Gasteiger partial charge on any atom is -0.364 e. The van der Waals surface area contributed by atoms with Crippen molar-refractivity contribution in [3.8, 4) is 0 Å². The zero-order valence-electron chi connectivity index (χ0n) is 17.3. The molecule has 3 rings (SSSR count). The Morgan fingerprint density at radius 2 is 2.03 bits per heavy atom. The van der Waals surface area contributed by atoms with E-state index in [1.54, 1.807) is 13.1 Å². The zero-order valence-corrected chi connectivity index (χ0v) is 20.4. The highest BCUT2D eigenvalue weighted by molar-refractivity contribution is 14.0. The van der Waals surface area contributed by atoms with Crippen LogP contribution in [0.2, 0.25) is 0 Å². The van der Waals surface area contributed by atoms with Crippen molar-refractivity contribution >= 4 is 40.0 Å². The van der Waals surface area contributed by atoms with Crippen LogP contribution in [0.25, 0.3) is 0 Å². The monoisotopic (exact) mass is 540 g/mol. The van der Waals surface area contributed by atoms with Crippen LogP contribution >= 0.6 is 24.0 Å². The number of aliphatic imine (C=N–C) groups is 1. The first kappa shape index (κ1) is 24.4. The topological polar surface area (TPSA) is 94.3 Å². The van der Waals surface area contributed by atoms with Gasteiger partial charge in [0.25, 0.3) is 0 Å². The number of sulfonamides is 1. The van der Waals surface area contributed by atoms with Crippen molar-refractivity contribution in [3.05, 3.63) is 18.0 Å². The Kier molecular flexibility index (Phi) is 9.63. The van der Waals surface area contributed by atoms with Gasteiger partial charge in [-0.1, -0.05) is 18.5 Å². The van der Waals surface area contributed by atoms with Crippen molar-refractivity contribution in [2.24, 2.45) is 4.99 Å². The Hall–Kier alpha value is -0.920. The fourth-order valence-electron chi connectivity index (χ4n) is 4.02. The molecule has 0 aromatic carbocycles. The molecule has 1 unspecified atom stereocenters. The van der Waals surface area contributed by atoms with Crippen LogP contribution in [-0.4, -0.2) is 92.5 Å². The predicted molar refractivity (Wildman–Crippen MR) is 124 cm³/mol. The molecule has 0 amide bonds. The molecule has 2 saturated heterocycles. The zero-order chi connectivity index (χ0) is 20.0. The molecule has 0 radical (unpaired) electrons. The van der Waals surface area contributed by atoms with Crippen molar-refractivity contribution < 1.29 is 12.9 Å². The first-order valence-electron chi connectivity index (χ1n) is 10.1. The molecule has 166 valence electrons. The van der Waals surface area contributed by atoms with E-state index in [1.165, 1.54) is 36.4 Å². The summed E-state index contributed by atoms with van der Waals surface area (Å²) in [5.41, 5.74) is 0.438. The third kappa shape index (κ3) is 6.53. The summed E-state index contributed by atoms with van der Waals surface area (Å²) in [6, 6.07) is 2.13. The van der Waals surface area contributed by atoms with Gasteiger partial charge >= 0.3 is 0 Å². The second-order valence-corrected chi connectivity index (χ2v) is 9.31. The van der Waals surface area contributed by atoms with Gasteiger partial charge in [0, 0.05) is 51.9 Å². The van der Waals surface area contributed by atoms with Crippen molar-refractivity contribution in [1.82, 2.24) is 24.6 Å². The Morgan fingerprint density at radius 1 is 1.28 bits per heavy atom. The van der Waals surface area contributed by atoms with Gasteiger partial charge in [-0.25, -0.2) is 8.42 Å². The number of nitrogens with one attached hydrogen (secondary N) is 1. The van der Waals surface area contributed by atoms with Gasteiger partial charge in [0.1, 0.15) is 12.0 Å². The highest BCUT2D eigenvalue weighted by Gasteiger charge is 2.29. The van der Waals surface area contributed by atoms with Gasteiger partial charge in [-0.3, -0.25) is 9.89 Å². The standard InChI is InChI=1S/C18H32N6O3S.HI/c1-3-22-8-5-4-6-17(22)14-20-18(19-2)23-9-11-24(12-10-23)28(25,26)15-16-7-13-27-21-16;/h7,13,17H,3-6,8-12,14-15H2,1-2H3,(H,19,20);1H. The first-order chi connectivity index (χ1) is 13.5. The lowest BCUT2D eigenvalue weighted by Gasteiger charge is -2.38. The number of rotatable bonds is 6. The number of nitrogens with zero attached hydrogens (tertiary/aromatic N) is 5. The molecule has 29 heavy (non-hydrogen) atoms. The number of guanidine groups is 1. The Morgan fingerprint density at radius 3 is 2.66 bits per heavy atom. The highest BCUT2D eigenvalue weighted by Crippen LogP contribution is 2.16. The predicted octanol–water partition coefficient (Wildman–Crippen LogP) is 1.19.